The van der Waals surface area contributed by atoms with Gasteiger partial charge < -0.3 is 9.30 Å². The molecule has 3 nitrogen and oxygen atoms in total. The summed E-state index contributed by atoms with van der Waals surface area (Å²) in [7, 11) is 0. The van der Waals surface area contributed by atoms with Crippen molar-refractivity contribution >= 4 is 27.7 Å². The average Bonchev–Trinajstić information content (AvgIpc) is 3.15. The molecule has 3 aromatic rings. The van der Waals surface area contributed by atoms with Gasteiger partial charge in [0.2, 0.25) is 0 Å². The Morgan fingerprint density at radius 2 is 1.62 bits per heavy atom. The van der Waals surface area contributed by atoms with E-state index in [0.29, 0.717) is 0 Å². The second-order valence-corrected chi connectivity index (χ2v) is 5.41. The van der Waals surface area contributed by atoms with Gasteiger partial charge in [-0.05, 0) is 18.6 Å². The van der Waals surface area contributed by atoms with Crippen molar-refractivity contribution in [2.45, 2.75) is 19.4 Å². The van der Waals surface area contributed by atoms with Crippen LogP contribution in [-0.2, 0) is 11.3 Å². The normalized spacial score (nSPS) is 14.6. The summed E-state index contributed by atoms with van der Waals surface area (Å²) >= 11 is 0. The van der Waals surface area contributed by atoms with Crippen molar-refractivity contribution in [2.75, 3.05) is 13.2 Å². The summed E-state index contributed by atoms with van der Waals surface area (Å²) in [6.45, 7) is 2.58. The Labute approximate surface area is 123 Å². The Morgan fingerprint density at radius 3 is 2.24 bits per heavy atom. The van der Waals surface area contributed by atoms with Crippen molar-refractivity contribution in [3.05, 3.63) is 48.5 Å². The van der Waals surface area contributed by atoms with Gasteiger partial charge in [0.05, 0.1) is 6.54 Å². The molecule has 0 fully saturated rings. The lowest BCUT2D eigenvalue weighted by atomic mass is 10.2. The third kappa shape index (κ3) is 2.19. The first-order valence-electron chi connectivity index (χ1n) is 7.55. The van der Waals surface area contributed by atoms with Gasteiger partial charge in [-0.25, -0.2) is 0 Å². The summed E-state index contributed by atoms with van der Waals surface area (Å²) < 4.78 is 7.90. The molecule has 2 heterocycles. The van der Waals surface area contributed by atoms with Gasteiger partial charge >= 0.3 is 0 Å². The summed E-state index contributed by atoms with van der Waals surface area (Å²) in [5.41, 5.74) is 2.63. The number of hydrogen-bond donors (Lipinski definition) is 0. The van der Waals surface area contributed by atoms with Gasteiger partial charge in [0.25, 0.3) is 0 Å². The van der Waals surface area contributed by atoms with E-state index >= 15 is 0 Å². The van der Waals surface area contributed by atoms with Crippen molar-refractivity contribution in [3.63, 3.8) is 0 Å². The van der Waals surface area contributed by atoms with Crippen LogP contribution < -0.4 is 0 Å². The van der Waals surface area contributed by atoms with Gasteiger partial charge in [0, 0.05) is 34.8 Å². The minimum absolute atomic E-state index is 0.755. The standard InChI is InChI=1S/C18H18N2O/c1-3-8-16-14(6-1)15-7-2-4-9-17(15)20(16)12-5-10-18-19-11-13-21-18/h1-4,6-9H,5,10-13H2. The number of aliphatic imine (C=N–C) groups is 1. The Balaban J connectivity index is 1.68. The molecular weight excluding hydrogens is 260 g/mol. The molecule has 0 radical (unpaired) electrons. The van der Waals surface area contributed by atoms with Gasteiger partial charge in [-0.1, -0.05) is 36.4 Å². The van der Waals surface area contributed by atoms with E-state index < -0.39 is 0 Å². The number of rotatable bonds is 4. The first-order valence-corrected chi connectivity index (χ1v) is 7.55. The molecule has 0 atom stereocenters. The maximum absolute atomic E-state index is 5.49. The number of hydrogen-bond acceptors (Lipinski definition) is 2. The molecule has 4 rings (SSSR count). The Morgan fingerprint density at radius 1 is 0.952 bits per heavy atom. The zero-order valence-corrected chi connectivity index (χ0v) is 12.0. The van der Waals surface area contributed by atoms with E-state index in [4.69, 9.17) is 4.74 Å². The molecule has 21 heavy (non-hydrogen) atoms. The highest BCUT2D eigenvalue weighted by atomic mass is 16.5. The zero-order valence-electron chi connectivity index (χ0n) is 12.0. The first kappa shape index (κ1) is 12.5. The van der Waals surface area contributed by atoms with Gasteiger partial charge in [0.1, 0.15) is 6.61 Å². The van der Waals surface area contributed by atoms with E-state index in [2.05, 4.69) is 58.1 Å². The molecule has 0 saturated carbocycles. The van der Waals surface area contributed by atoms with Gasteiger partial charge in [-0.2, -0.15) is 0 Å². The van der Waals surface area contributed by atoms with Crippen molar-refractivity contribution in [2.24, 2.45) is 4.99 Å². The second-order valence-electron chi connectivity index (χ2n) is 5.41. The van der Waals surface area contributed by atoms with E-state index in [-0.39, 0.29) is 0 Å². The molecule has 0 unspecified atom stereocenters. The third-order valence-corrected chi connectivity index (χ3v) is 4.10. The molecular formula is C18H18N2O. The number of fused-ring (bicyclic) bond motifs is 3. The van der Waals surface area contributed by atoms with Crippen LogP contribution in [0.3, 0.4) is 0 Å². The SMILES string of the molecule is c1ccc2c(c1)c1ccccc1n2CCCC1=NCCO1. The van der Waals surface area contributed by atoms with Crippen LogP contribution in [0.5, 0.6) is 0 Å². The third-order valence-electron chi connectivity index (χ3n) is 4.10. The first-order chi connectivity index (χ1) is 10.4. The van der Waals surface area contributed by atoms with Crippen LogP contribution in [0.25, 0.3) is 21.8 Å². The predicted molar refractivity (Wildman–Crippen MR) is 86.9 cm³/mol. The maximum Gasteiger partial charge on any atom is 0.183 e. The van der Waals surface area contributed by atoms with Crippen LogP contribution in [0, 0.1) is 0 Å². The summed E-state index contributed by atoms with van der Waals surface area (Å²) in [6.07, 6.45) is 1.99. The Hall–Kier alpha value is -2.29. The highest BCUT2D eigenvalue weighted by Gasteiger charge is 2.11. The number of benzene rings is 2. The number of aromatic nitrogens is 1. The molecule has 0 spiro atoms. The molecule has 106 valence electrons. The molecule has 1 aliphatic heterocycles. The van der Waals surface area contributed by atoms with Gasteiger partial charge in [-0.3, -0.25) is 4.99 Å². The summed E-state index contributed by atoms with van der Waals surface area (Å²) in [4.78, 5) is 4.36. The highest BCUT2D eigenvalue weighted by molar-refractivity contribution is 6.07. The van der Waals surface area contributed by atoms with E-state index in [1.54, 1.807) is 0 Å². The van der Waals surface area contributed by atoms with Crippen molar-refractivity contribution in [1.82, 2.24) is 4.57 Å². The molecule has 0 N–H and O–H groups in total. The fourth-order valence-electron chi connectivity index (χ4n) is 3.16. The minimum atomic E-state index is 0.755. The van der Waals surface area contributed by atoms with Crippen LogP contribution in [0.2, 0.25) is 0 Å². The summed E-state index contributed by atoms with van der Waals surface area (Å²) in [5.74, 6) is 0.927. The van der Waals surface area contributed by atoms with E-state index in [0.717, 1.165) is 38.4 Å². The number of nitrogens with zero attached hydrogens (tertiary/aromatic N) is 2. The minimum Gasteiger partial charge on any atom is -0.479 e. The molecule has 2 aromatic carbocycles. The average molecular weight is 278 g/mol. The van der Waals surface area contributed by atoms with Crippen LogP contribution >= 0.6 is 0 Å². The van der Waals surface area contributed by atoms with E-state index in [9.17, 15) is 0 Å². The lowest BCUT2D eigenvalue weighted by molar-refractivity contribution is 0.336. The monoisotopic (exact) mass is 278 g/mol. The Kier molecular flexibility index (Phi) is 3.11. The molecule has 0 amide bonds. The van der Waals surface area contributed by atoms with Crippen LogP contribution in [0.4, 0.5) is 0 Å². The molecule has 0 aliphatic carbocycles. The molecule has 3 heteroatoms. The number of ether oxygens (including phenoxy) is 1. The molecule has 0 bridgehead atoms. The van der Waals surface area contributed by atoms with Crippen LogP contribution in [-0.4, -0.2) is 23.6 Å². The smallest absolute Gasteiger partial charge is 0.183 e. The van der Waals surface area contributed by atoms with Gasteiger partial charge in [0.15, 0.2) is 5.90 Å². The summed E-state index contributed by atoms with van der Waals surface area (Å²) in [5, 5.41) is 2.67. The van der Waals surface area contributed by atoms with Crippen LogP contribution in [0.15, 0.2) is 53.5 Å². The quantitative estimate of drug-likeness (QED) is 0.708. The number of para-hydroxylation sites is 2. The van der Waals surface area contributed by atoms with Crippen molar-refractivity contribution in [1.29, 1.82) is 0 Å². The fourth-order valence-corrected chi connectivity index (χ4v) is 3.16. The fraction of sp³-hybridized carbons (Fsp3) is 0.278. The number of aryl methyl sites for hydroxylation is 1. The largest absolute Gasteiger partial charge is 0.479 e. The second kappa shape index (κ2) is 5.24. The lowest BCUT2D eigenvalue weighted by Gasteiger charge is -2.07. The zero-order chi connectivity index (χ0) is 14.1. The maximum atomic E-state index is 5.49. The van der Waals surface area contributed by atoms with Crippen molar-refractivity contribution in [3.8, 4) is 0 Å². The molecule has 1 aliphatic rings. The highest BCUT2D eigenvalue weighted by Crippen LogP contribution is 2.28. The Bertz CT molecular complexity index is 763. The molecule has 1 aromatic heterocycles. The topological polar surface area (TPSA) is 26.5 Å². The summed E-state index contributed by atoms with van der Waals surface area (Å²) in [6, 6.07) is 17.3. The molecule has 0 saturated heterocycles. The van der Waals surface area contributed by atoms with E-state index in [1.165, 1.54) is 21.8 Å². The van der Waals surface area contributed by atoms with Gasteiger partial charge in [-0.15, -0.1) is 0 Å². The predicted octanol–water partition coefficient (Wildman–Crippen LogP) is 4.00. The van der Waals surface area contributed by atoms with Crippen molar-refractivity contribution < 1.29 is 4.74 Å². The lowest BCUT2D eigenvalue weighted by Crippen LogP contribution is -2.03. The van der Waals surface area contributed by atoms with Crippen LogP contribution in [0.1, 0.15) is 12.8 Å². The van der Waals surface area contributed by atoms with E-state index in [1.807, 2.05) is 0 Å².